The van der Waals surface area contributed by atoms with Crippen LogP contribution < -0.4 is 11.1 Å². The van der Waals surface area contributed by atoms with Crippen LogP contribution in [0.25, 0.3) is 0 Å². The average molecular weight is 293 g/mol. The number of carbonyl (C=O) groups excluding carboxylic acids is 1. The topological polar surface area (TPSA) is 80.1 Å². The SMILES string of the molecule is CC(C)(C)OC(=O)NCC(CN)c1cc2c([nH]1)CCCC2. The first-order chi connectivity index (χ1) is 9.89. The molecule has 1 aliphatic carbocycles. The van der Waals surface area contributed by atoms with Crippen LogP contribution in [0.2, 0.25) is 0 Å². The summed E-state index contributed by atoms with van der Waals surface area (Å²) in [6, 6.07) is 2.21. The molecule has 1 aromatic heterocycles. The molecule has 1 aromatic rings. The second kappa shape index (κ2) is 6.52. The van der Waals surface area contributed by atoms with Gasteiger partial charge in [0.2, 0.25) is 0 Å². The van der Waals surface area contributed by atoms with Gasteiger partial charge in [-0.15, -0.1) is 0 Å². The number of hydrogen-bond donors (Lipinski definition) is 3. The van der Waals surface area contributed by atoms with Crippen molar-refractivity contribution >= 4 is 6.09 Å². The quantitative estimate of drug-likeness (QED) is 0.797. The highest BCUT2D eigenvalue weighted by Gasteiger charge is 2.20. The number of fused-ring (bicyclic) bond motifs is 1. The van der Waals surface area contributed by atoms with E-state index in [4.69, 9.17) is 10.5 Å². The molecule has 0 fully saturated rings. The lowest BCUT2D eigenvalue weighted by atomic mass is 9.97. The summed E-state index contributed by atoms with van der Waals surface area (Å²) in [6.45, 7) is 6.55. The fraction of sp³-hybridized carbons (Fsp3) is 0.688. The van der Waals surface area contributed by atoms with E-state index in [0.29, 0.717) is 13.1 Å². The van der Waals surface area contributed by atoms with E-state index in [1.807, 2.05) is 20.8 Å². The van der Waals surface area contributed by atoms with Gasteiger partial charge in [0, 0.05) is 30.4 Å². The molecule has 0 spiro atoms. The van der Waals surface area contributed by atoms with Crippen LogP contribution >= 0.6 is 0 Å². The first-order valence-electron chi connectivity index (χ1n) is 7.76. The molecule has 118 valence electrons. The fourth-order valence-electron chi connectivity index (χ4n) is 2.69. The summed E-state index contributed by atoms with van der Waals surface area (Å²) in [7, 11) is 0. The second-order valence-corrected chi connectivity index (χ2v) is 6.75. The van der Waals surface area contributed by atoms with E-state index < -0.39 is 11.7 Å². The number of nitrogens with two attached hydrogens (primary N) is 1. The minimum absolute atomic E-state index is 0.100. The van der Waals surface area contributed by atoms with Gasteiger partial charge < -0.3 is 20.8 Å². The zero-order chi connectivity index (χ0) is 15.5. The molecule has 0 aliphatic heterocycles. The molecular weight excluding hydrogens is 266 g/mol. The Hall–Kier alpha value is -1.49. The van der Waals surface area contributed by atoms with Crippen molar-refractivity contribution in [2.24, 2.45) is 5.73 Å². The zero-order valence-corrected chi connectivity index (χ0v) is 13.3. The highest BCUT2D eigenvalue weighted by Crippen LogP contribution is 2.25. The Morgan fingerprint density at radius 2 is 2.14 bits per heavy atom. The summed E-state index contributed by atoms with van der Waals surface area (Å²) in [5.74, 6) is 0.100. The summed E-state index contributed by atoms with van der Waals surface area (Å²) >= 11 is 0. The van der Waals surface area contributed by atoms with Crippen molar-refractivity contribution in [2.45, 2.75) is 58.0 Å². The summed E-state index contributed by atoms with van der Waals surface area (Å²) in [6.07, 6.45) is 4.37. The number of ether oxygens (including phenoxy) is 1. The number of rotatable bonds is 4. The van der Waals surface area contributed by atoms with Crippen molar-refractivity contribution in [2.75, 3.05) is 13.1 Å². The van der Waals surface area contributed by atoms with Gasteiger partial charge in [-0.2, -0.15) is 0 Å². The summed E-state index contributed by atoms with van der Waals surface area (Å²) < 4.78 is 5.25. The molecule has 2 rings (SSSR count). The number of aromatic nitrogens is 1. The smallest absolute Gasteiger partial charge is 0.407 e. The number of amides is 1. The van der Waals surface area contributed by atoms with Crippen molar-refractivity contribution in [1.82, 2.24) is 10.3 Å². The van der Waals surface area contributed by atoms with E-state index >= 15 is 0 Å². The lowest BCUT2D eigenvalue weighted by Crippen LogP contribution is -2.36. The van der Waals surface area contributed by atoms with Gasteiger partial charge in [-0.1, -0.05) is 0 Å². The van der Waals surface area contributed by atoms with Crippen LogP contribution in [0.4, 0.5) is 4.79 Å². The van der Waals surface area contributed by atoms with Crippen LogP contribution in [0.5, 0.6) is 0 Å². The summed E-state index contributed by atoms with van der Waals surface area (Å²) in [4.78, 5) is 15.2. The third kappa shape index (κ3) is 4.49. The molecule has 1 aliphatic rings. The molecule has 4 N–H and O–H groups in total. The molecular formula is C16H27N3O2. The molecule has 0 aromatic carbocycles. The Bertz CT molecular complexity index is 465. The Morgan fingerprint density at radius 3 is 2.76 bits per heavy atom. The molecule has 5 nitrogen and oxygen atoms in total. The number of H-pyrrole nitrogens is 1. The fourth-order valence-corrected chi connectivity index (χ4v) is 2.69. The van der Waals surface area contributed by atoms with E-state index in [0.717, 1.165) is 18.5 Å². The summed E-state index contributed by atoms with van der Waals surface area (Å²) in [5.41, 5.74) is 9.26. The molecule has 21 heavy (non-hydrogen) atoms. The lowest BCUT2D eigenvalue weighted by molar-refractivity contribution is 0.0524. The normalized spacial score (nSPS) is 16.2. The molecule has 1 atom stereocenters. The van der Waals surface area contributed by atoms with Crippen LogP contribution in [-0.2, 0) is 17.6 Å². The molecule has 1 heterocycles. The predicted molar refractivity (Wildman–Crippen MR) is 83.5 cm³/mol. The summed E-state index contributed by atoms with van der Waals surface area (Å²) in [5, 5.41) is 2.81. The van der Waals surface area contributed by atoms with E-state index in [1.165, 1.54) is 24.1 Å². The number of alkyl carbamates (subject to hydrolysis) is 1. The zero-order valence-electron chi connectivity index (χ0n) is 13.3. The number of aromatic amines is 1. The largest absolute Gasteiger partial charge is 0.444 e. The third-order valence-electron chi connectivity index (χ3n) is 3.75. The Morgan fingerprint density at radius 1 is 1.43 bits per heavy atom. The van der Waals surface area contributed by atoms with Crippen molar-refractivity contribution < 1.29 is 9.53 Å². The van der Waals surface area contributed by atoms with Crippen LogP contribution in [0.15, 0.2) is 6.07 Å². The van der Waals surface area contributed by atoms with Gasteiger partial charge in [-0.3, -0.25) is 0 Å². The van der Waals surface area contributed by atoms with Gasteiger partial charge in [-0.05, 0) is 58.1 Å². The maximum Gasteiger partial charge on any atom is 0.407 e. The monoisotopic (exact) mass is 293 g/mol. The molecule has 1 unspecified atom stereocenters. The maximum absolute atomic E-state index is 11.7. The number of carbonyl (C=O) groups is 1. The van der Waals surface area contributed by atoms with Crippen molar-refractivity contribution in [3.63, 3.8) is 0 Å². The highest BCUT2D eigenvalue weighted by atomic mass is 16.6. The van der Waals surface area contributed by atoms with Gasteiger partial charge in [0.15, 0.2) is 0 Å². The van der Waals surface area contributed by atoms with Gasteiger partial charge in [0.25, 0.3) is 0 Å². The van der Waals surface area contributed by atoms with Gasteiger partial charge >= 0.3 is 6.09 Å². The first kappa shape index (κ1) is 15.9. The maximum atomic E-state index is 11.7. The minimum Gasteiger partial charge on any atom is -0.444 e. The lowest BCUT2D eigenvalue weighted by Gasteiger charge is -2.21. The number of hydrogen-bond acceptors (Lipinski definition) is 3. The number of aryl methyl sites for hydroxylation is 2. The van der Waals surface area contributed by atoms with Crippen LogP contribution in [0.1, 0.15) is 56.5 Å². The molecule has 0 radical (unpaired) electrons. The van der Waals surface area contributed by atoms with Gasteiger partial charge in [0.1, 0.15) is 5.60 Å². The highest BCUT2D eigenvalue weighted by molar-refractivity contribution is 5.67. The van der Waals surface area contributed by atoms with Gasteiger partial charge in [0.05, 0.1) is 0 Å². The Balaban J connectivity index is 1.94. The van der Waals surface area contributed by atoms with Crippen molar-refractivity contribution in [1.29, 1.82) is 0 Å². The van der Waals surface area contributed by atoms with E-state index in [9.17, 15) is 4.79 Å². The number of nitrogens with one attached hydrogen (secondary N) is 2. The minimum atomic E-state index is -0.478. The van der Waals surface area contributed by atoms with E-state index in [2.05, 4.69) is 16.4 Å². The molecule has 0 bridgehead atoms. The van der Waals surface area contributed by atoms with Crippen molar-refractivity contribution in [3.8, 4) is 0 Å². The molecule has 5 heteroatoms. The third-order valence-corrected chi connectivity index (χ3v) is 3.75. The predicted octanol–water partition coefficient (Wildman–Crippen LogP) is 2.46. The first-order valence-corrected chi connectivity index (χ1v) is 7.76. The second-order valence-electron chi connectivity index (χ2n) is 6.75. The van der Waals surface area contributed by atoms with E-state index in [-0.39, 0.29) is 5.92 Å². The van der Waals surface area contributed by atoms with E-state index in [1.54, 1.807) is 0 Å². The average Bonchev–Trinajstić information content (AvgIpc) is 2.80. The van der Waals surface area contributed by atoms with Crippen LogP contribution in [0.3, 0.4) is 0 Å². The van der Waals surface area contributed by atoms with Crippen LogP contribution in [0, 0.1) is 0 Å². The Kier molecular flexibility index (Phi) is 4.93. The van der Waals surface area contributed by atoms with Crippen LogP contribution in [-0.4, -0.2) is 29.8 Å². The molecule has 0 saturated carbocycles. The molecule has 1 amide bonds. The Labute approximate surface area is 126 Å². The van der Waals surface area contributed by atoms with Gasteiger partial charge in [-0.25, -0.2) is 4.79 Å². The standard InChI is InChI=1S/C16H27N3O2/c1-16(2,3)21-15(20)18-10-12(9-17)14-8-11-6-4-5-7-13(11)19-14/h8,12,19H,4-7,9-10,17H2,1-3H3,(H,18,20). The van der Waals surface area contributed by atoms with Crippen molar-refractivity contribution in [3.05, 3.63) is 23.0 Å². The molecule has 0 saturated heterocycles.